The Morgan fingerprint density at radius 1 is 1.16 bits per heavy atom. The summed E-state index contributed by atoms with van der Waals surface area (Å²) in [6, 6.07) is 18.7. The van der Waals surface area contributed by atoms with Gasteiger partial charge in [-0.05, 0) is 55.0 Å². The molecule has 0 unspecified atom stereocenters. The fourth-order valence-corrected chi connectivity index (χ4v) is 2.19. The van der Waals surface area contributed by atoms with Crippen LogP contribution in [0.15, 0.2) is 65.8 Å². The first-order valence-corrected chi connectivity index (χ1v) is 7.76. The molecular formula is C19H17N3O3. The van der Waals surface area contributed by atoms with Crippen molar-refractivity contribution in [1.82, 2.24) is 4.98 Å². The van der Waals surface area contributed by atoms with Crippen molar-refractivity contribution in [1.29, 1.82) is 0 Å². The molecule has 0 saturated heterocycles. The van der Waals surface area contributed by atoms with E-state index in [4.69, 9.17) is 9.84 Å². The molecule has 3 rings (SSSR count). The lowest BCUT2D eigenvalue weighted by Crippen LogP contribution is -2.22. The van der Waals surface area contributed by atoms with Gasteiger partial charge in [-0.1, -0.05) is 18.2 Å². The molecule has 0 amide bonds. The average Bonchev–Trinajstić information content (AvgIpc) is 2.63. The third kappa shape index (κ3) is 4.32. The predicted molar refractivity (Wildman–Crippen MR) is 97.1 cm³/mol. The van der Waals surface area contributed by atoms with Crippen LogP contribution in [0.1, 0.15) is 12.5 Å². The SMILES string of the molecule is C[C@H](Oc1ccc(/C=N\Nc2ccc3ccccc3n2)cc1)C(=O)O. The number of hydrogen-bond acceptors (Lipinski definition) is 5. The fourth-order valence-electron chi connectivity index (χ4n) is 2.19. The second kappa shape index (κ2) is 7.44. The van der Waals surface area contributed by atoms with Gasteiger partial charge in [-0.25, -0.2) is 9.78 Å². The van der Waals surface area contributed by atoms with Gasteiger partial charge < -0.3 is 9.84 Å². The Morgan fingerprint density at radius 3 is 2.68 bits per heavy atom. The number of nitrogens with one attached hydrogen (secondary N) is 1. The molecular weight excluding hydrogens is 318 g/mol. The second-order valence-electron chi connectivity index (χ2n) is 5.43. The molecule has 0 aliphatic rings. The van der Waals surface area contributed by atoms with Gasteiger partial charge >= 0.3 is 5.97 Å². The number of aliphatic carboxylic acids is 1. The lowest BCUT2D eigenvalue weighted by molar-refractivity contribution is -0.144. The zero-order chi connectivity index (χ0) is 17.6. The molecule has 25 heavy (non-hydrogen) atoms. The topological polar surface area (TPSA) is 83.8 Å². The van der Waals surface area contributed by atoms with E-state index in [1.54, 1.807) is 30.5 Å². The summed E-state index contributed by atoms with van der Waals surface area (Å²) in [5.41, 5.74) is 4.65. The number of anilines is 1. The van der Waals surface area contributed by atoms with Crippen LogP contribution in [0.5, 0.6) is 5.75 Å². The standard InChI is InChI=1S/C19H17N3O3/c1-13(19(23)24)25-16-9-6-14(7-10-16)12-20-22-18-11-8-15-4-2-3-5-17(15)21-18/h2-13H,1H3,(H,21,22)(H,23,24)/b20-12-/t13-/m0/s1. The molecule has 0 aliphatic heterocycles. The summed E-state index contributed by atoms with van der Waals surface area (Å²) in [4.78, 5) is 15.2. The second-order valence-corrected chi connectivity index (χ2v) is 5.43. The van der Waals surface area contributed by atoms with Crippen LogP contribution in [-0.2, 0) is 4.79 Å². The number of carboxylic acid groups (broad SMARTS) is 1. The van der Waals surface area contributed by atoms with E-state index in [2.05, 4.69) is 15.5 Å². The molecule has 0 fully saturated rings. The smallest absolute Gasteiger partial charge is 0.344 e. The molecule has 1 heterocycles. The zero-order valence-electron chi connectivity index (χ0n) is 13.6. The maximum Gasteiger partial charge on any atom is 0.344 e. The molecule has 1 aromatic heterocycles. The van der Waals surface area contributed by atoms with Crippen molar-refractivity contribution in [2.45, 2.75) is 13.0 Å². The van der Waals surface area contributed by atoms with Gasteiger partial charge in [-0.15, -0.1) is 0 Å². The number of fused-ring (bicyclic) bond motifs is 1. The number of hydrogen-bond donors (Lipinski definition) is 2. The van der Waals surface area contributed by atoms with E-state index in [-0.39, 0.29) is 0 Å². The van der Waals surface area contributed by atoms with E-state index in [1.807, 2.05) is 36.4 Å². The summed E-state index contributed by atoms with van der Waals surface area (Å²) in [7, 11) is 0. The lowest BCUT2D eigenvalue weighted by atomic mass is 10.2. The minimum Gasteiger partial charge on any atom is -0.479 e. The number of aromatic nitrogens is 1. The van der Waals surface area contributed by atoms with Gasteiger partial charge in [-0.3, -0.25) is 5.43 Å². The van der Waals surface area contributed by atoms with Crippen LogP contribution < -0.4 is 10.2 Å². The maximum absolute atomic E-state index is 10.8. The Labute approximate surface area is 144 Å². The summed E-state index contributed by atoms with van der Waals surface area (Å²) >= 11 is 0. The van der Waals surface area contributed by atoms with Crippen molar-refractivity contribution < 1.29 is 14.6 Å². The molecule has 6 nitrogen and oxygen atoms in total. The summed E-state index contributed by atoms with van der Waals surface area (Å²) in [5.74, 6) is 0.152. The van der Waals surface area contributed by atoms with Gasteiger partial charge in [0.05, 0.1) is 11.7 Å². The molecule has 2 N–H and O–H groups in total. The van der Waals surface area contributed by atoms with Crippen LogP contribution in [0, 0.1) is 0 Å². The van der Waals surface area contributed by atoms with Gasteiger partial charge in [0, 0.05) is 5.39 Å². The van der Waals surface area contributed by atoms with Crippen LogP contribution in [-0.4, -0.2) is 28.4 Å². The number of rotatable bonds is 6. The summed E-state index contributed by atoms with van der Waals surface area (Å²) in [6.07, 6.45) is 0.765. The quantitative estimate of drug-likeness (QED) is 0.532. The number of para-hydroxylation sites is 1. The highest BCUT2D eigenvalue weighted by Crippen LogP contribution is 2.15. The number of pyridine rings is 1. The van der Waals surface area contributed by atoms with Crippen LogP contribution >= 0.6 is 0 Å². The van der Waals surface area contributed by atoms with Crippen LogP contribution in [0.2, 0.25) is 0 Å². The Bertz CT molecular complexity index is 907. The number of benzene rings is 2. The summed E-state index contributed by atoms with van der Waals surface area (Å²) < 4.78 is 5.28. The largest absolute Gasteiger partial charge is 0.479 e. The molecule has 1 atom stereocenters. The highest BCUT2D eigenvalue weighted by molar-refractivity contribution is 5.82. The summed E-state index contributed by atoms with van der Waals surface area (Å²) in [5, 5.41) is 14.1. The first kappa shape index (κ1) is 16.4. The number of ether oxygens (including phenoxy) is 1. The van der Waals surface area contributed by atoms with Gasteiger partial charge in [0.1, 0.15) is 11.6 Å². The average molecular weight is 335 g/mol. The van der Waals surface area contributed by atoms with Gasteiger partial charge in [0.25, 0.3) is 0 Å². The predicted octanol–water partition coefficient (Wildman–Crippen LogP) is 3.53. The maximum atomic E-state index is 10.8. The minimum absolute atomic E-state index is 0.496. The third-order valence-corrected chi connectivity index (χ3v) is 3.53. The van der Waals surface area contributed by atoms with E-state index >= 15 is 0 Å². The molecule has 126 valence electrons. The molecule has 0 saturated carbocycles. The molecule has 0 aliphatic carbocycles. The van der Waals surface area contributed by atoms with E-state index in [9.17, 15) is 4.79 Å². The number of carboxylic acids is 1. The van der Waals surface area contributed by atoms with Crippen molar-refractivity contribution in [3.8, 4) is 5.75 Å². The van der Waals surface area contributed by atoms with E-state index in [0.717, 1.165) is 16.5 Å². The highest BCUT2D eigenvalue weighted by Gasteiger charge is 2.11. The van der Waals surface area contributed by atoms with Crippen LogP contribution in [0.25, 0.3) is 10.9 Å². The molecule has 2 aromatic carbocycles. The van der Waals surface area contributed by atoms with Gasteiger partial charge in [0.2, 0.25) is 0 Å². The van der Waals surface area contributed by atoms with Crippen molar-refractivity contribution in [3.05, 3.63) is 66.2 Å². The minimum atomic E-state index is -1.00. The van der Waals surface area contributed by atoms with Crippen LogP contribution in [0.3, 0.4) is 0 Å². The Hall–Kier alpha value is -3.41. The van der Waals surface area contributed by atoms with Gasteiger partial charge in [0.15, 0.2) is 6.10 Å². The lowest BCUT2D eigenvalue weighted by Gasteiger charge is -2.09. The Morgan fingerprint density at radius 2 is 1.92 bits per heavy atom. The highest BCUT2D eigenvalue weighted by atomic mass is 16.5. The first-order chi connectivity index (χ1) is 12.1. The molecule has 0 spiro atoms. The third-order valence-electron chi connectivity index (χ3n) is 3.53. The number of carbonyl (C=O) groups is 1. The number of hydrazone groups is 1. The first-order valence-electron chi connectivity index (χ1n) is 7.76. The Kier molecular flexibility index (Phi) is 4.89. The van der Waals surface area contributed by atoms with E-state index < -0.39 is 12.1 Å². The normalized spacial score (nSPS) is 12.2. The molecule has 3 aromatic rings. The van der Waals surface area contributed by atoms with E-state index in [0.29, 0.717) is 11.6 Å². The van der Waals surface area contributed by atoms with Crippen molar-refractivity contribution >= 4 is 28.9 Å². The molecule has 6 heteroatoms. The van der Waals surface area contributed by atoms with Crippen molar-refractivity contribution in [3.63, 3.8) is 0 Å². The van der Waals surface area contributed by atoms with Crippen LogP contribution in [0.4, 0.5) is 5.82 Å². The van der Waals surface area contributed by atoms with Crippen molar-refractivity contribution in [2.75, 3.05) is 5.43 Å². The number of nitrogens with zero attached hydrogens (tertiary/aromatic N) is 2. The monoisotopic (exact) mass is 335 g/mol. The van der Waals surface area contributed by atoms with Gasteiger partial charge in [-0.2, -0.15) is 5.10 Å². The molecule has 0 radical (unpaired) electrons. The molecule has 0 bridgehead atoms. The Balaban J connectivity index is 1.62. The zero-order valence-corrected chi connectivity index (χ0v) is 13.6. The summed E-state index contributed by atoms with van der Waals surface area (Å²) in [6.45, 7) is 1.48. The fraction of sp³-hybridized carbons (Fsp3) is 0.105. The van der Waals surface area contributed by atoms with E-state index in [1.165, 1.54) is 6.92 Å². The van der Waals surface area contributed by atoms with Crippen molar-refractivity contribution in [2.24, 2.45) is 5.10 Å².